The zero-order valence-electron chi connectivity index (χ0n) is 11.1. The van der Waals surface area contributed by atoms with Gasteiger partial charge in [0.25, 0.3) is 0 Å². The van der Waals surface area contributed by atoms with Gasteiger partial charge < -0.3 is 5.11 Å². The number of aliphatic hydroxyl groups is 1. The lowest BCUT2D eigenvalue weighted by Crippen LogP contribution is -2.13. The third-order valence-electron chi connectivity index (χ3n) is 2.89. The van der Waals surface area contributed by atoms with Gasteiger partial charge in [-0.2, -0.15) is 0 Å². The third-order valence-corrected chi connectivity index (χ3v) is 4.63. The van der Waals surface area contributed by atoms with Crippen LogP contribution in [0, 0.1) is 12.7 Å². The van der Waals surface area contributed by atoms with Gasteiger partial charge in [-0.15, -0.1) is 11.8 Å². The molecule has 1 atom stereocenters. The van der Waals surface area contributed by atoms with Gasteiger partial charge in [0.1, 0.15) is 5.82 Å². The van der Waals surface area contributed by atoms with Crippen molar-refractivity contribution < 1.29 is 9.50 Å². The maximum absolute atomic E-state index is 13.1. The van der Waals surface area contributed by atoms with Crippen LogP contribution in [0.15, 0.2) is 51.8 Å². The molecule has 0 amide bonds. The zero-order valence-corrected chi connectivity index (χ0v) is 13.5. The first-order chi connectivity index (χ1) is 9.54. The average molecular weight is 355 g/mol. The van der Waals surface area contributed by atoms with E-state index in [0.717, 1.165) is 10.5 Å². The monoisotopic (exact) mass is 354 g/mol. The van der Waals surface area contributed by atoms with E-state index < -0.39 is 6.10 Å². The highest BCUT2D eigenvalue weighted by atomic mass is 79.9. The van der Waals surface area contributed by atoms with E-state index in [9.17, 15) is 9.50 Å². The van der Waals surface area contributed by atoms with E-state index in [-0.39, 0.29) is 5.82 Å². The van der Waals surface area contributed by atoms with Crippen LogP contribution in [-0.2, 0) is 6.42 Å². The van der Waals surface area contributed by atoms with E-state index >= 15 is 0 Å². The highest BCUT2D eigenvalue weighted by molar-refractivity contribution is 9.10. The first-order valence-electron chi connectivity index (χ1n) is 6.36. The van der Waals surface area contributed by atoms with E-state index in [1.54, 1.807) is 23.9 Å². The van der Waals surface area contributed by atoms with Crippen LogP contribution < -0.4 is 0 Å². The highest BCUT2D eigenvalue weighted by Crippen LogP contribution is 2.22. The predicted molar refractivity (Wildman–Crippen MR) is 85.7 cm³/mol. The summed E-state index contributed by atoms with van der Waals surface area (Å²) in [7, 11) is 0. The minimum absolute atomic E-state index is 0.280. The molecule has 0 aromatic heterocycles. The Morgan fingerprint density at radius 1 is 1.25 bits per heavy atom. The lowest BCUT2D eigenvalue weighted by Gasteiger charge is -2.11. The highest BCUT2D eigenvalue weighted by Gasteiger charge is 2.08. The summed E-state index contributed by atoms with van der Waals surface area (Å²) in [5, 5.41) is 10.1. The summed E-state index contributed by atoms with van der Waals surface area (Å²) >= 11 is 4.79. The van der Waals surface area contributed by atoms with Gasteiger partial charge in [0, 0.05) is 10.6 Å². The van der Waals surface area contributed by atoms with Crippen molar-refractivity contribution in [2.75, 3.05) is 5.75 Å². The second-order valence-electron chi connectivity index (χ2n) is 4.73. The molecule has 0 aliphatic rings. The van der Waals surface area contributed by atoms with Crippen molar-refractivity contribution in [2.45, 2.75) is 24.3 Å². The lowest BCUT2D eigenvalue weighted by molar-refractivity contribution is 0.200. The fourth-order valence-corrected chi connectivity index (χ4v) is 3.27. The predicted octanol–water partition coefficient (Wildman–Crippen LogP) is 4.59. The largest absolute Gasteiger partial charge is 0.392 e. The Kier molecular flexibility index (Phi) is 5.64. The molecule has 0 aliphatic heterocycles. The molecule has 106 valence electrons. The third kappa shape index (κ3) is 4.62. The van der Waals surface area contributed by atoms with E-state index in [4.69, 9.17) is 0 Å². The fourth-order valence-electron chi connectivity index (χ4n) is 1.90. The van der Waals surface area contributed by atoms with Gasteiger partial charge in [0.15, 0.2) is 0 Å². The summed E-state index contributed by atoms with van der Waals surface area (Å²) in [6, 6.07) is 13.1. The Labute approximate surface area is 131 Å². The van der Waals surface area contributed by atoms with Crippen molar-refractivity contribution in [3.8, 4) is 0 Å². The molecule has 0 saturated heterocycles. The summed E-state index contributed by atoms with van der Waals surface area (Å²) in [5.74, 6) is 0.343. The summed E-state index contributed by atoms with van der Waals surface area (Å²) in [5.41, 5.74) is 2.14. The van der Waals surface area contributed by atoms with Crippen LogP contribution in [0.25, 0.3) is 0 Å². The molecule has 0 heterocycles. The van der Waals surface area contributed by atoms with Gasteiger partial charge in [-0.1, -0.05) is 23.8 Å². The summed E-state index contributed by atoms with van der Waals surface area (Å²) in [6.45, 7) is 2.05. The normalized spacial score (nSPS) is 12.4. The molecule has 2 aromatic carbocycles. The molecule has 1 nitrogen and oxygen atoms in total. The number of hydrogen-bond donors (Lipinski definition) is 1. The number of aryl methyl sites for hydroxylation is 1. The second kappa shape index (κ2) is 7.25. The van der Waals surface area contributed by atoms with Gasteiger partial charge in [-0.05, 0) is 59.1 Å². The molecule has 0 aliphatic carbocycles. The molecule has 2 aromatic rings. The number of rotatable bonds is 5. The molecule has 0 spiro atoms. The summed E-state index contributed by atoms with van der Waals surface area (Å²) < 4.78 is 13.6. The quantitative estimate of drug-likeness (QED) is 0.792. The molecular weight excluding hydrogens is 339 g/mol. The van der Waals surface area contributed by atoms with Gasteiger partial charge >= 0.3 is 0 Å². The summed E-state index contributed by atoms with van der Waals surface area (Å²) in [4.78, 5) is 1.16. The van der Waals surface area contributed by atoms with E-state index in [2.05, 4.69) is 35.0 Å². The van der Waals surface area contributed by atoms with E-state index in [1.165, 1.54) is 11.6 Å². The molecule has 0 saturated carbocycles. The van der Waals surface area contributed by atoms with Gasteiger partial charge in [0.2, 0.25) is 0 Å². The molecule has 0 bridgehead atoms. The van der Waals surface area contributed by atoms with Crippen molar-refractivity contribution in [3.63, 3.8) is 0 Å². The lowest BCUT2D eigenvalue weighted by atomic mass is 10.1. The minimum atomic E-state index is -0.446. The first kappa shape index (κ1) is 15.5. The van der Waals surface area contributed by atoms with Crippen molar-refractivity contribution in [1.29, 1.82) is 0 Å². The summed E-state index contributed by atoms with van der Waals surface area (Å²) in [6.07, 6.45) is 0.0791. The average Bonchev–Trinajstić information content (AvgIpc) is 2.41. The number of benzene rings is 2. The number of thioether (sulfide) groups is 1. The van der Waals surface area contributed by atoms with Crippen LogP contribution in [0.5, 0.6) is 0 Å². The van der Waals surface area contributed by atoms with Crippen LogP contribution in [0.4, 0.5) is 4.39 Å². The van der Waals surface area contributed by atoms with E-state index in [0.29, 0.717) is 16.6 Å². The van der Waals surface area contributed by atoms with E-state index in [1.807, 2.05) is 12.1 Å². The molecular formula is C16H16BrFOS. The van der Waals surface area contributed by atoms with Crippen LogP contribution in [0.3, 0.4) is 0 Å². The van der Waals surface area contributed by atoms with Crippen LogP contribution in [0.2, 0.25) is 0 Å². The van der Waals surface area contributed by atoms with Crippen molar-refractivity contribution in [1.82, 2.24) is 0 Å². The number of hydrogen-bond acceptors (Lipinski definition) is 2. The molecule has 0 fully saturated rings. The van der Waals surface area contributed by atoms with Crippen molar-refractivity contribution in [3.05, 3.63) is 63.9 Å². The molecule has 1 N–H and O–H groups in total. The second-order valence-corrected chi connectivity index (χ2v) is 6.68. The molecule has 0 radical (unpaired) electrons. The molecule has 4 heteroatoms. The van der Waals surface area contributed by atoms with Crippen LogP contribution >= 0.6 is 27.7 Å². The Bertz CT molecular complexity index is 588. The first-order valence-corrected chi connectivity index (χ1v) is 8.14. The SMILES string of the molecule is Cc1cccc(SCC(O)Cc2ccc(F)c(Br)c2)c1. The minimum Gasteiger partial charge on any atom is -0.392 e. The van der Waals surface area contributed by atoms with Crippen LogP contribution in [-0.4, -0.2) is 17.0 Å². The molecule has 20 heavy (non-hydrogen) atoms. The van der Waals surface area contributed by atoms with Crippen molar-refractivity contribution in [2.24, 2.45) is 0 Å². The van der Waals surface area contributed by atoms with Gasteiger partial charge in [-0.3, -0.25) is 0 Å². The Morgan fingerprint density at radius 3 is 2.75 bits per heavy atom. The van der Waals surface area contributed by atoms with Crippen LogP contribution in [0.1, 0.15) is 11.1 Å². The number of aliphatic hydroxyl groups excluding tert-OH is 1. The Hall–Kier alpha value is -0.840. The fraction of sp³-hybridized carbons (Fsp3) is 0.250. The Morgan fingerprint density at radius 2 is 2.05 bits per heavy atom. The maximum atomic E-state index is 13.1. The Balaban J connectivity index is 1.89. The molecule has 1 unspecified atom stereocenters. The molecule has 2 rings (SSSR count). The maximum Gasteiger partial charge on any atom is 0.137 e. The standard InChI is InChI=1S/C16H16BrFOS/c1-11-3-2-4-14(7-11)20-10-13(19)8-12-5-6-16(18)15(17)9-12/h2-7,9,13,19H,8,10H2,1H3. The van der Waals surface area contributed by atoms with Gasteiger partial charge in [-0.25, -0.2) is 4.39 Å². The van der Waals surface area contributed by atoms with Gasteiger partial charge in [0.05, 0.1) is 10.6 Å². The number of halogens is 2. The zero-order chi connectivity index (χ0) is 14.5. The smallest absolute Gasteiger partial charge is 0.137 e. The van der Waals surface area contributed by atoms with Crippen molar-refractivity contribution >= 4 is 27.7 Å². The topological polar surface area (TPSA) is 20.2 Å².